The van der Waals surface area contributed by atoms with E-state index in [1.807, 2.05) is 0 Å². The Bertz CT molecular complexity index is 1320. The summed E-state index contributed by atoms with van der Waals surface area (Å²) in [6.45, 7) is -0.975. The van der Waals surface area contributed by atoms with Gasteiger partial charge in [0.15, 0.2) is 11.5 Å². The van der Waals surface area contributed by atoms with Crippen molar-refractivity contribution in [1.82, 2.24) is 19.7 Å². The third kappa shape index (κ3) is 5.81. The predicted octanol–water partition coefficient (Wildman–Crippen LogP) is 0.917. The lowest BCUT2D eigenvalue weighted by atomic mass is 10.1. The van der Waals surface area contributed by atoms with Crippen LogP contribution in [0.2, 0.25) is 5.15 Å². The van der Waals surface area contributed by atoms with Crippen molar-refractivity contribution in [2.45, 2.75) is 31.8 Å². The molecular weight excluding hydrogens is 476 g/mol. The Labute approximate surface area is 204 Å². The molecule has 0 bridgehead atoms. The van der Waals surface area contributed by atoms with E-state index in [-0.39, 0.29) is 53.9 Å². The summed E-state index contributed by atoms with van der Waals surface area (Å²) < 4.78 is 1.36. The number of anilines is 1. The van der Waals surface area contributed by atoms with Gasteiger partial charge in [-0.1, -0.05) is 23.7 Å². The summed E-state index contributed by atoms with van der Waals surface area (Å²) >= 11 is 5.85. The lowest BCUT2D eigenvalue weighted by Crippen LogP contribution is -2.41. The summed E-state index contributed by atoms with van der Waals surface area (Å²) in [7, 11) is 0. The highest BCUT2D eigenvalue weighted by Gasteiger charge is 2.34. The average Bonchev–Trinajstić information content (AvgIpc) is 3.59. The number of carbonyl (C=O) groups excluding carboxylic acids is 4. The number of benzene rings is 1. The van der Waals surface area contributed by atoms with Crippen molar-refractivity contribution in [2.24, 2.45) is 5.73 Å². The van der Waals surface area contributed by atoms with Crippen LogP contribution in [0.5, 0.6) is 0 Å². The Balaban J connectivity index is 1.53. The van der Waals surface area contributed by atoms with Crippen LogP contribution in [0.1, 0.15) is 28.9 Å². The second kappa shape index (κ2) is 10.2. The van der Waals surface area contributed by atoms with Crippen molar-refractivity contribution in [3.05, 3.63) is 52.8 Å². The SMILES string of the molecule is NC(=O)c1nn(CC(=O)N(CC(=O)Nc2cccc(Cl)n2)C2CC2)c2ccc(CC(=O)CO)cc12. The van der Waals surface area contributed by atoms with Crippen LogP contribution in [0.15, 0.2) is 36.4 Å². The fourth-order valence-electron chi connectivity index (χ4n) is 3.76. The molecule has 0 aliphatic heterocycles. The molecule has 2 heterocycles. The van der Waals surface area contributed by atoms with E-state index in [1.165, 1.54) is 9.58 Å². The number of aliphatic hydroxyl groups is 1. The molecule has 3 aromatic rings. The monoisotopic (exact) mass is 498 g/mol. The zero-order valence-electron chi connectivity index (χ0n) is 18.6. The first-order valence-corrected chi connectivity index (χ1v) is 11.3. The second-order valence-corrected chi connectivity index (χ2v) is 8.63. The number of halogens is 1. The molecule has 1 aromatic carbocycles. The molecule has 4 rings (SSSR count). The molecule has 35 heavy (non-hydrogen) atoms. The van der Waals surface area contributed by atoms with Gasteiger partial charge in [-0.15, -0.1) is 0 Å². The number of nitrogens with one attached hydrogen (secondary N) is 1. The predicted molar refractivity (Wildman–Crippen MR) is 127 cm³/mol. The van der Waals surface area contributed by atoms with Gasteiger partial charge in [0.2, 0.25) is 11.8 Å². The minimum atomic E-state index is -0.778. The molecule has 1 fully saturated rings. The summed E-state index contributed by atoms with van der Waals surface area (Å²) in [5, 5.41) is 16.5. The van der Waals surface area contributed by atoms with Crippen molar-refractivity contribution in [1.29, 1.82) is 0 Å². The van der Waals surface area contributed by atoms with Crippen molar-refractivity contribution in [3.63, 3.8) is 0 Å². The maximum Gasteiger partial charge on any atom is 0.269 e. The van der Waals surface area contributed by atoms with E-state index >= 15 is 0 Å². The Morgan fingerprint density at radius 3 is 2.63 bits per heavy atom. The van der Waals surface area contributed by atoms with Gasteiger partial charge in [0.05, 0.1) is 5.52 Å². The highest BCUT2D eigenvalue weighted by atomic mass is 35.5. The standard InChI is InChI=1S/C23H23ClN6O5/c24-18-2-1-3-19(26-18)27-20(33)10-29(14-5-6-14)21(34)11-30-17-7-4-13(8-15(32)12-31)9-16(17)22(28-30)23(25)35/h1-4,7,9,14,31H,5-6,8,10-12H2,(H2,25,35)(H,26,27,33). The average molecular weight is 499 g/mol. The molecule has 0 saturated heterocycles. The highest BCUT2D eigenvalue weighted by molar-refractivity contribution is 6.29. The van der Waals surface area contributed by atoms with Crippen molar-refractivity contribution in [2.75, 3.05) is 18.5 Å². The zero-order valence-corrected chi connectivity index (χ0v) is 19.4. The number of aromatic nitrogens is 3. The first kappa shape index (κ1) is 24.3. The third-order valence-electron chi connectivity index (χ3n) is 5.52. The van der Waals surface area contributed by atoms with Crippen LogP contribution in [-0.4, -0.2) is 67.5 Å². The quantitative estimate of drug-likeness (QED) is 0.350. The van der Waals surface area contributed by atoms with Gasteiger partial charge in [-0.05, 0) is 42.7 Å². The van der Waals surface area contributed by atoms with Gasteiger partial charge in [-0.3, -0.25) is 23.9 Å². The number of rotatable bonds is 10. The van der Waals surface area contributed by atoms with Crippen LogP contribution in [-0.2, 0) is 27.3 Å². The normalized spacial score (nSPS) is 13.0. The lowest BCUT2D eigenvalue weighted by molar-refractivity contribution is -0.135. The van der Waals surface area contributed by atoms with Gasteiger partial charge in [-0.2, -0.15) is 5.10 Å². The molecule has 11 nitrogen and oxygen atoms in total. The van der Waals surface area contributed by atoms with Gasteiger partial charge < -0.3 is 21.1 Å². The van der Waals surface area contributed by atoms with E-state index in [1.54, 1.807) is 36.4 Å². The molecule has 0 radical (unpaired) electrons. The number of aliphatic hydroxyl groups excluding tert-OH is 1. The van der Waals surface area contributed by atoms with E-state index in [2.05, 4.69) is 15.4 Å². The first-order valence-electron chi connectivity index (χ1n) is 10.9. The number of amides is 3. The van der Waals surface area contributed by atoms with Gasteiger partial charge in [-0.25, -0.2) is 4.98 Å². The molecule has 2 aromatic heterocycles. The molecule has 182 valence electrons. The summed E-state index contributed by atoms with van der Waals surface area (Å²) in [6, 6.07) is 9.67. The number of hydrogen-bond acceptors (Lipinski definition) is 7. The molecule has 3 amide bonds. The van der Waals surface area contributed by atoms with Gasteiger partial charge in [0.1, 0.15) is 30.7 Å². The molecule has 0 spiro atoms. The summed E-state index contributed by atoms with van der Waals surface area (Å²) in [4.78, 5) is 54.8. The number of pyridine rings is 1. The molecule has 4 N–H and O–H groups in total. The van der Waals surface area contributed by atoms with E-state index < -0.39 is 18.4 Å². The number of ketones is 1. The second-order valence-electron chi connectivity index (χ2n) is 8.24. The van der Waals surface area contributed by atoms with Crippen LogP contribution < -0.4 is 11.1 Å². The van der Waals surface area contributed by atoms with Gasteiger partial charge in [0, 0.05) is 17.8 Å². The number of Topliss-reactive ketones (excluding diaryl/α,β-unsaturated/α-hetero) is 1. The van der Waals surface area contributed by atoms with Crippen LogP contribution in [0.3, 0.4) is 0 Å². The maximum atomic E-state index is 13.2. The Kier molecular flexibility index (Phi) is 7.08. The molecule has 1 saturated carbocycles. The molecule has 1 aliphatic rings. The molecule has 12 heteroatoms. The third-order valence-corrected chi connectivity index (χ3v) is 5.73. The van der Waals surface area contributed by atoms with Gasteiger partial charge >= 0.3 is 0 Å². The molecule has 0 unspecified atom stereocenters. The van der Waals surface area contributed by atoms with Crippen LogP contribution in [0.25, 0.3) is 10.9 Å². The Morgan fingerprint density at radius 1 is 1.20 bits per heavy atom. The van der Waals surface area contributed by atoms with E-state index in [0.717, 1.165) is 12.8 Å². The van der Waals surface area contributed by atoms with Crippen LogP contribution in [0, 0.1) is 0 Å². The van der Waals surface area contributed by atoms with Crippen LogP contribution >= 0.6 is 11.6 Å². The maximum absolute atomic E-state index is 13.2. The summed E-state index contributed by atoms with van der Waals surface area (Å²) in [5.74, 6) is -1.63. The number of carbonyl (C=O) groups is 4. The van der Waals surface area contributed by atoms with Crippen molar-refractivity contribution in [3.8, 4) is 0 Å². The van der Waals surface area contributed by atoms with Gasteiger partial charge in [0.25, 0.3) is 5.91 Å². The lowest BCUT2D eigenvalue weighted by Gasteiger charge is -2.22. The number of nitrogens with two attached hydrogens (primary N) is 1. The minimum absolute atomic E-state index is 0.0131. The smallest absolute Gasteiger partial charge is 0.269 e. The Hall–Kier alpha value is -3.83. The first-order chi connectivity index (χ1) is 16.7. The van der Waals surface area contributed by atoms with Crippen molar-refractivity contribution < 1.29 is 24.3 Å². The van der Waals surface area contributed by atoms with E-state index in [4.69, 9.17) is 22.4 Å². The molecule has 1 aliphatic carbocycles. The van der Waals surface area contributed by atoms with Crippen molar-refractivity contribution >= 4 is 51.8 Å². The number of primary amides is 1. The molecular formula is C23H23ClN6O5. The highest BCUT2D eigenvalue weighted by Crippen LogP contribution is 2.28. The number of nitrogens with zero attached hydrogens (tertiary/aromatic N) is 4. The van der Waals surface area contributed by atoms with E-state index in [9.17, 15) is 19.2 Å². The van der Waals surface area contributed by atoms with E-state index in [0.29, 0.717) is 16.5 Å². The fourth-order valence-corrected chi connectivity index (χ4v) is 3.93. The summed E-state index contributed by atoms with van der Waals surface area (Å²) in [6.07, 6.45) is 1.55. The fraction of sp³-hybridized carbons (Fsp3) is 0.304. The minimum Gasteiger partial charge on any atom is -0.389 e. The molecule has 0 atom stereocenters. The summed E-state index contributed by atoms with van der Waals surface area (Å²) in [5.41, 5.74) is 6.51. The number of fused-ring (bicyclic) bond motifs is 1. The largest absolute Gasteiger partial charge is 0.389 e. The van der Waals surface area contributed by atoms with Crippen LogP contribution in [0.4, 0.5) is 5.82 Å². The Morgan fingerprint density at radius 2 is 1.97 bits per heavy atom. The zero-order chi connectivity index (χ0) is 25.1. The topological polar surface area (TPSA) is 161 Å². The number of hydrogen-bond donors (Lipinski definition) is 3.